The number of methoxy groups -OCH3 is 2. The van der Waals surface area contributed by atoms with Crippen molar-refractivity contribution < 1.29 is 27.5 Å². The zero-order valence-electron chi connectivity index (χ0n) is 16.4. The largest absolute Gasteiger partial charge is 0.466 e. The van der Waals surface area contributed by atoms with Gasteiger partial charge in [-0.15, -0.1) is 0 Å². The summed E-state index contributed by atoms with van der Waals surface area (Å²) in [5.41, 5.74) is 0.830. The molecule has 9 heteroatoms. The summed E-state index contributed by atoms with van der Waals surface area (Å²) in [7, 11) is -1.23. The highest BCUT2D eigenvalue weighted by molar-refractivity contribution is 7.90. The topological polar surface area (TPSA) is 102 Å². The summed E-state index contributed by atoms with van der Waals surface area (Å²) < 4.78 is 33.7. The lowest BCUT2D eigenvalue weighted by Gasteiger charge is -2.24. The van der Waals surface area contributed by atoms with E-state index in [2.05, 4.69) is 19.7 Å². The van der Waals surface area contributed by atoms with Gasteiger partial charge in [0, 0.05) is 25.0 Å². The Morgan fingerprint density at radius 3 is 2.25 bits per heavy atom. The summed E-state index contributed by atoms with van der Waals surface area (Å²) in [5.74, 6) is -1.58. The molecule has 1 aromatic rings. The van der Waals surface area contributed by atoms with E-state index < -0.39 is 21.8 Å². The number of carbonyl (C=O) groups is 2. The monoisotopic (exact) mass is 410 g/mol. The molecule has 1 saturated heterocycles. The van der Waals surface area contributed by atoms with Crippen molar-refractivity contribution in [1.82, 2.24) is 0 Å². The standard InChI is InChI=1S/C19H26N2O6S/c1-26-18(22)13-16(19(23)27-2)20-15-12-14(8-9-17(15)28(3,24)25)21-10-6-4-5-7-11-21/h8-9,12-13,20H,4-7,10-11H2,1-3H3/b16-13+. The van der Waals surface area contributed by atoms with Gasteiger partial charge in [-0.1, -0.05) is 12.8 Å². The van der Waals surface area contributed by atoms with Crippen molar-refractivity contribution in [1.29, 1.82) is 0 Å². The number of benzene rings is 1. The first-order valence-corrected chi connectivity index (χ1v) is 10.9. The van der Waals surface area contributed by atoms with Gasteiger partial charge >= 0.3 is 11.9 Å². The number of hydrogen-bond donors (Lipinski definition) is 1. The second kappa shape index (κ2) is 9.59. The number of carbonyl (C=O) groups excluding carboxylic acids is 2. The molecule has 0 aromatic heterocycles. The Morgan fingerprint density at radius 2 is 1.71 bits per heavy atom. The molecule has 0 spiro atoms. The highest BCUT2D eigenvalue weighted by Gasteiger charge is 2.20. The van der Waals surface area contributed by atoms with Gasteiger partial charge < -0.3 is 19.7 Å². The molecule has 0 radical (unpaired) electrons. The average molecular weight is 410 g/mol. The van der Waals surface area contributed by atoms with Crippen LogP contribution in [-0.4, -0.2) is 53.9 Å². The molecule has 1 aliphatic heterocycles. The number of anilines is 2. The fraction of sp³-hybridized carbons (Fsp3) is 0.474. The molecule has 1 aromatic carbocycles. The molecule has 1 heterocycles. The molecule has 8 nitrogen and oxygen atoms in total. The van der Waals surface area contributed by atoms with E-state index in [-0.39, 0.29) is 16.3 Å². The fourth-order valence-corrected chi connectivity index (χ4v) is 3.87. The van der Waals surface area contributed by atoms with Crippen molar-refractivity contribution in [2.45, 2.75) is 30.6 Å². The molecule has 0 bridgehead atoms. The van der Waals surface area contributed by atoms with Gasteiger partial charge in [-0.05, 0) is 31.0 Å². The van der Waals surface area contributed by atoms with Crippen LogP contribution in [0.2, 0.25) is 0 Å². The summed E-state index contributed by atoms with van der Waals surface area (Å²) in [6, 6.07) is 4.94. The van der Waals surface area contributed by atoms with E-state index >= 15 is 0 Å². The van der Waals surface area contributed by atoms with Crippen LogP contribution in [0.4, 0.5) is 11.4 Å². The van der Waals surface area contributed by atoms with Crippen LogP contribution in [0.15, 0.2) is 34.9 Å². The van der Waals surface area contributed by atoms with Crippen molar-refractivity contribution >= 4 is 33.2 Å². The lowest BCUT2D eigenvalue weighted by Crippen LogP contribution is -2.24. The Kier molecular flexibility index (Phi) is 7.45. The quantitative estimate of drug-likeness (QED) is 0.562. The SMILES string of the molecule is COC(=O)/C=C(/Nc1cc(N2CCCCCC2)ccc1S(C)(=O)=O)C(=O)OC. The minimum Gasteiger partial charge on any atom is -0.466 e. The lowest BCUT2D eigenvalue weighted by atomic mass is 10.2. The van der Waals surface area contributed by atoms with Crippen LogP contribution >= 0.6 is 0 Å². The summed E-state index contributed by atoms with van der Waals surface area (Å²) in [4.78, 5) is 25.8. The van der Waals surface area contributed by atoms with Gasteiger partial charge in [0.05, 0.1) is 30.9 Å². The van der Waals surface area contributed by atoms with Crippen LogP contribution < -0.4 is 10.2 Å². The number of rotatable bonds is 6. The number of nitrogens with zero attached hydrogens (tertiary/aromatic N) is 1. The first-order valence-electron chi connectivity index (χ1n) is 9.00. The fourth-order valence-electron chi connectivity index (χ4n) is 3.04. The summed E-state index contributed by atoms with van der Waals surface area (Å²) >= 11 is 0. The maximum atomic E-state index is 12.2. The van der Waals surface area contributed by atoms with Gasteiger partial charge in [0.15, 0.2) is 9.84 Å². The predicted octanol–water partition coefficient (Wildman–Crippen LogP) is 2.11. The summed E-state index contributed by atoms with van der Waals surface area (Å²) in [6.07, 6.45) is 6.46. The molecule has 1 fully saturated rings. The van der Waals surface area contributed by atoms with Gasteiger partial charge in [0.25, 0.3) is 0 Å². The van der Waals surface area contributed by atoms with Crippen LogP contribution in [0.25, 0.3) is 0 Å². The van der Waals surface area contributed by atoms with E-state index in [9.17, 15) is 18.0 Å². The molecule has 0 aliphatic carbocycles. The van der Waals surface area contributed by atoms with Crippen LogP contribution in [-0.2, 0) is 28.9 Å². The van der Waals surface area contributed by atoms with Gasteiger partial charge in [-0.25, -0.2) is 18.0 Å². The maximum Gasteiger partial charge on any atom is 0.354 e. The third kappa shape index (κ3) is 5.72. The Balaban J connectivity index is 2.48. The van der Waals surface area contributed by atoms with Crippen LogP contribution in [0.3, 0.4) is 0 Å². The van der Waals surface area contributed by atoms with E-state index in [4.69, 9.17) is 0 Å². The number of ether oxygens (including phenoxy) is 2. The van der Waals surface area contributed by atoms with Crippen molar-refractivity contribution in [2.75, 3.05) is 43.8 Å². The van der Waals surface area contributed by atoms with Crippen molar-refractivity contribution in [3.8, 4) is 0 Å². The first-order chi connectivity index (χ1) is 13.3. The summed E-state index contributed by atoms with van der Waals surface area (Å²) in [6.45, 7) is 1.75. The normalized spacial score (nSPS) is 15.5. The minimum absolute atomic E-state index is 0.0192. The maximum absolute atomic E-state index is 12.2. The number of sulfone groups is 1. The van der Waals surface area contributed by atoms with Gasteiger partial charge in [-0.2, -0.15) is 0 Å². The zero-order chi connectivity index (χ0) is 20.7. The Labute approximate surface area is 165 Å². The molecule has 28 heavy (non-hydrogen) atoms. The molecular weight excluding hydrogens is 384 g/mol. The minimum atomic E-state index is -3.58. The molecule has 0 atom stereocenters. The van der Waals surface area contributed by atoms with Crippen LogP contribution in [0.1, 0.15) is 25.7 Å². The number of hydrogen-bond acceptors (Lipinski definition) is 8. The smallest absolute Gasteiger partial charge is 0.354 e. The Morgan fingerprint density at radius 1 is 1.07 bits per heavy atom. The second-order valence-electron chi connectivity index (χ2n) is 6.55. The molecule has 0 amide bonds. The van der Waals surface area contributed by atoms with Crippen LogP contribution in [0, 0.1) is 0 Å². The summed E-state index contributed by atoms with van der Waals surface area (Å²) in [5, 5.41) is 2.75. The third-order valence-electron chi connectivity index (χ3n) is 4.47. The number of nitrogens with one attached hydrogen (secondary N) is 1. The Bertz CT molecular complexity index is 855. The average Bonchev–Trinajstić information content (AvgIpc) is 2.95. The molecule has 0 unspecified atom stereocenters. The van der Waals surface area contributed by atoms with E-state index in [1.165, 1.54) is 20.3 Å². The van der Waals surface area contributed by atoms with E-state index in [1.807, 2.05) is 0 Å². The zero-order valence-corrected chi connectivity index (χ0v) is 17.2. The van der Waals surface area contributed by atoms with Gasteiger partial charge in [0.1, 0.15) is 5.70 Å². The molecule has 1 aliphatic rings. The molecule has 0 saturated carbocycles. The van der Waals surface area contributed by atoms with Gasteiger partial charge in [0.2, 0.25) is 0 Å². The van der Waals surface area contributed by atoms with Crippen molar-refractivity contribution in [2.24, 2.45) is 0 Å². The molecule has 1 N–H and O–H groups in total. The van der Waals surface area contributed by atoms with Gasteiger partial charge in [-0.3, -0.25) is 0 Å². The third-order valence-corrected chi connectivity index (χ3v) is 5.63. The number of esters is 2. The molecule has 2 rings (SSSR count). The first kappa shape index (κ1) is 21.7. The van der Waals surface area contributed by atoms with Crippen LogP contribution in [0.5, 0.6) is 0 Å². The van der Waals surface area contributed by atoms with E-state index in [1.54, 1.807) is 12.1 Å². The molecular formula is C19H26N2O6S. The highest BCUT2D eigenvalue weighted by atomic mass is 32.2. The lowest BCUT2D eigenvalue weighted by molar-refractivity contribution is -0.138. The van der Waals surface area contributed by atoms with E-state index in [0.717, 1.165) is 56.8 Å². The second-order valence-corrected chi connectivity index (χ2v) is 8.54. The molecule has 154 valence electrons. The van der Waals surface area contributed by atoms with Crippen molar-refractivity contribution in [3.05, 3.63) is 30.0 Å². The van der Waals surface area contributed by atoms with Crippen molar-refractivity contribution in [3.63, 3.8) is 0 Å². The Hall–Kier alpha value is -2.55. The highest BCUT2D eigenvalue weighted by Crippen LogP contribution is 2.30. The predicted molar refractivity (Wildman–Crippen MR) is 106 cm³/mol. The van der Waals surface area contributed by atoms with E-state index in [0.29, 0.717) is 0 Å².